The first kappa shape index (κ1) is 18.6. The second-order valence-electron chi connectivity index (χ2n) is 8.42. The van der Waals surface area contributed by atoms with E-state index >= 15 is 0 Å². The van der Waals surface area contributed by atoms with Gasteiger partial charge < -0.3 is 14.1 Å². The number of amides is 1. The molecule has 2 aliphatic rings. The maximum Gasteiger partial charge on any atom is 0.289 e. The molecular formula is C24H28N2O3. The number of piperidine rings is 1. The van der Waals surface area contributed by atoms with Crippen molar-refractivity contribution < 1.29 is 13.9 Å². The van der Waals surface area contributed by atoms with Gasteiger partial charge in [0.15, 0.2) is 5.76 Å². The Morgan fingerprint density at radius 3 is 2.62 bits per heavy atom. The molecule has 2 aromatic carbocycles. The Balaban J connectivity index is 1.35. The van der Waals surface area contributed by atoms with Crippen LogP contribution in [-0.2, 0) is 4.74 Å². The van der Waals surface area contributed by atoms with Crippen LogP contribution in [0.4, 0.5) is 0 Å². The second kappa shape index (κ2) is 7.47. The molecule has 3 aromatic rings. The minimum atomic E-state index is 0.0246. The summed E-state index contributed by atoms with van der Waals surface area (Å²) in [6.07, 6.45) is 2.33. The lowest BCUT2D eigenvalue weighted by Crippen LogP contribution is -2.51. The van der Waals surface area contributed by atoms with Gasteiger partial charge in [0.25, 0.3) is 5.91 Å². The van der Waals surface area contributed by atoms with Crippen LogP contribution in [0.2, 0.25) is 0 Å². The lowest BCUT2D eigenvalue weighted by atomic mass is 10.0. The fourth-order valence-electron chi connectivity index (χ4n) is 4.91. The molecule has 2 aliphatic heterocycles. The molecule has 0 bridgehead atoms. The lowest BCUT2D eigenvalue weighted by Gasteiger charge is -2.41. The van der Waals surface area contributed by atoms with Crippen LogP contribution in [0.15, 0.2) is 40.8 Å². The largest absolute Gasteiger partial charge is 0.450 e. The van der Waals surface area contributed by atoms with Crippen LogP contribution >= 0.6 is 0 Å². The summed E-state index contributed by atoms with van der Waals surface area (Å²) in [6.45, 7) is 8.51. The summed E-state index contributed by atoms with van der Waals surface area (Å²) in [4.78, 5) is 17.8. The van der Waals surface area contributed by atoms with E-state index in [0.29, 0.717) is 17.9 Å². The topological polar surface area (TPSA) is 45.9 Å². The molecule has 0 aliphatic carbocycles. The molecule has 0 N–H and O–H groups in total. The highest BCUT2D eigenvalue weighted by molar-refractivity contribution is 6.08. The van der Waals surface area contributed by atoms with Crippen molar-refractivity contribution >= 4 is 27.6 Å². The second-order valence-corrected chi connectivity index (χ2v) is 8.42. The smallest absolute Gasteiger partial charge is 0.289 e. The van der Waals surface area contributed by atoms with Crippen LogP contribution in [0.5, 0.6) is 0 Å². The van der Waals surface area contributed by atoms with Gasteiger partial charge in [0, 0.05) is 48.6 Å². The molecule has 5 heteroatoms. The fourth-order valence-corrected chi connectivity index (χ4v) is 4.91. The summed E-state index contributed by atoms with van der Waals surface area (Å²) in [6, 6.07) is 12.9. The van der Waals surface area contributed by atoms with E-state index in [4.69, 9.17) is 9.15 Å². The molecule has 29 heavy (non-hydrogen) atoms. The van der Waals surface area contributed by atoms with Crippen molar-refractivity contribution in [3.63, 3.8) is 0 Å². The zero-order valence-corrected chi connectivity index (χ0v) is 17.2. The molecule has 1 atom stereocenters. The predicted octanol–water partition coefficient (Wildman–Crippen LogP) is 4.22. The van der Waals surface area contributed by atoms with Crippen LogP contribution in [0.25, 0.3) is 21.7 Å². The van der Waals surface area contributed by atoms with Gasteiger partial charge >= 0.3 is 0 Å². The van der Waals surface area contributed by atoms with E-state index in [2.05, 4.69) is 36.1 Å². The number of nitrogens with zero attached hydrogens (tertiary/aromatic N) is 2. The molecule has 2 fully saturated rings. The SMILES string of the molecule is Cc1c(C(=O)N2CCC(N3CCOC(C)C3)CC2)oc2c1ccc1ccccc12. The van der Waals surface area contributed by atoms with Crippen molar-refractivity contribution in [2.45, 2.75) is 38.8 Å². The highest BCUT2D eigenvalue weighted by Crippen LogP contribution is 2.33. The summed E-state index contributed by atoms with van der Waals surface area (Å²) in [5.74, 6) is 0.520. The third-order valence-corrected chi connectivity index (χ3v) is 6.56. The predicted molar refractivity (Wildman–Crippen MR) is 114 cm³/mol. The number of likely N-dealkylation sites (tertiary alicyclic amines) is 1. The normalized spacial score (nSPS) is 21.9. The third-order valence-electron chi connectivity index (χ3n) is 6.56. The third kappa shape index (κ3) is 3.32. The van der Waals surface area contributed by atoms with Crippen molar-refractivity contribution in [1.29, 1.82) is 0 Å². The van der Waals surface area contributed by atoms with Crippen molar-refractivity contribution in [2.75, 3.05) is 32.8 Å². The van der Waals surface area contributed by atoms with Gasteiger partial charge in [0.05, 0.1) is 12.7 Å². The van der Waals surface area contributed by atoms with Crippen molar-refractivity contribution in [3.8, 4) is 0 Å². The summed E-state index contributed by atoms with van der Waals surface area (Å²) in [5, 5.41) is 3.23. The van der Waals surface area contributed by atoms with Gasteiger partial charge in [-0.25, -0.2) is 0 Å². The van der Waals surface area contributed by atoms with Crippen LogP contribution in [0, 0.1) is 6.92 Å². The Bertz CT molecular complexity index is 1050. The quantitative estimate of drug-likeness (QED) is 0.655. The Morgan fingerprint density at radius 2 is 1.83 bits per heavy atom. The van der Waals surface area contributed by atoms with Crippen molar-refractivity contribution in [1.82, 2.24) is 9.80 Å². The number of fused-ring (bicyclic) bond motifs is 3. The number of hydrogen-bond donors (Lipinski definition) is 0. The Kier molecular flexibility index (Phi) is 4.80. The minimum Gasteiger partial charge on any atom is -0.450 e. The number of ether oxygens (including phenoxy) is 1. The lowest BCUT2D eigenvalue weighted by molar-refractivity contribution is -0.0424. The van der Waals surface area contributed by atoms with Gasteiger partial charge in [-0.05, 0) is 32.1 Å². The van der Waals surface area contributed by atoms with Gasteiger partial charge in [0.1, 0.15) is 5.58 Å². The molecule has 1 amide bonds. The number of rotatable bonds is 2. The zero-order chi connectivity index (χ0) is 20.0. The number of hydrogen-bond acceptors (Lipinski definition) is 4. The summed E-state index contributed by atoms with van der Waals surface area (Å²) in [7, 11) is 0. The van der Waals surface area contributed by atoms with Gasteiger partial charge in [-0.3, -0.25) is 9.69 Å². The van der Waals surface area contributed by atoms with Crippen LogP contribution in [0.3, 0.4) is 0 Å². The van der Waals surface area contributed by atoms with E-state index in [0.717, 1.165) is 72.9 Å². The van der Waals surface area contributed by atoms with E-state index in [1.165, 1.54) is 0 Å². The molecule has 2 saturated heterocycles. The summed E-state index contributed by atoms with van der Waals surface area (Å²) >= 11 is 0. The number of carbonyl (C=O) groups is 1. The highest BCUT2D eigenvalue weighted by Gasteiger charge is 2.31. The molecule has 1 aromatic heterocycles. The molecule has 5 rings (SSSR count). The standard InChI is InChI=1S/C24H28N2O3/c1-16-15-26(13-14-28-16)19-9-11-25(12-10-19)24(27)22-17(2)20-8-7-18-5-3-4-6-21(18)23(20)29-22/h3-8,16,19H,9-15H2,1-2H3. The fraction of sp³-hybridized carbons (Fsp3) is 0.458. The van der Waals surface area contributed by atoms with Gasteiger partial charge in [-0.15, -0.1) is 0 Å². The molecule has 0 saturated carbocycles. The number of morpholine rings is 1. The molecule has 3 heterocycles. The number of furan rings is 1. The van der Waals surface area contributed by atoms with Crippen molar-refractivity contribution in [2.24, 2.45) is 0 Å². The molecule has 152 valence electrons. The summed E-state index contributed by atoms with van der Waals surface area (Å²) in [5.41, 5.74) is 1.76. The van der Waals surface area contributed by atoms with Crippen LogP contribution < -0.4 is 0 Å². The average Bonchev–Trinajstić information content (AvgIpc) is 3.10. The minimum absolute atomic E-state index is 0.0246. The maximum absolute atomic E-state index is 13.3. The summed E-state index contributed by atoms with van der Waals surface area (Å²) < 4.78 is 11.8. The first-order chi connectivity index (χ1) is 14.1. The average molecular weight is 392 g/mol. The Hall–Kier alpha value is -2.37. The highest BCUT2D eigenvalue weighted by atomic mass is 16.5. The number of benzene rings is 2. The first-order valence-corrected chi connectivity index (χ1v) is 10.7. The van der Waals surface area contributed by atoms with E-state index < -0.39 is 0 Å². The monoisotopic (exact) mass is 392 g/mol. The number of carbonyl (C=O) groups excluding carboxylic acids is 1. The van der Waals surface area contributed by atoms with Crippen molar-refractivity contribution in [3.05, 3.63) is 47.7 Å². The van der Waals surface area contributed by atoms with Gasteiger partial charge in [0.2, 0.25) is 0 Å². The first-order valence-electron chi connectivity index (χ1n) is 10.7. The Morgan fingerprint density at radius 1 is 1.03 bits per heavy atom. The maximum atomic E-state index is 13.3. The zero-order valence-electron chi connectivity index (χ0n) is 17.2. The van der Waals surface area contributed by atoms with Gasteiger partial charge in [-0.2, -0.15) is 0 Å². The van der Waals surface area contributed by atoms with E-state index in [1.54, 1.807) is 0 Å². The molecular weight excluding hydrogens is 364 g/mol. The molecule has 1 unspecified atom stereocenters. The number of aryl methyl sites for hydroxylation is 1. The van der Waals surface area contributed by atoms with Gasteiger partial charge in [-0.1, -0.05) is 36.4 Å². The van der Waals surface area contributed by atoms with Crippen LogP contribution in [-0.4, -0.2) is 60.6 Å². The van der Waals surface area contributed by atoms with E-state index in [-0.39, 0.29) is 5.91 Å². The van der Waals surface area contributed by atoms with Crippen LogP contribution in [0.1, 0.15) is 35.9 Å². The van der Waals surface area contributed by atoms with E-state index in [1.807, 2.05) is 24.0 Å². The van der Waals surface area contributed by atoms with E-state index in [9.17, 15) is 4.79 Å². The molecule has 0 radical (unpaired) electrons. The Labute approximate surface area is 171 Å². The molecule has 5 nitrogen and oxygen atoms in total. The molecule has 0 spiro atoms.